The van der Waals surface area contributed by atoms with Crippen molar-refractivity contribution in [1.29, 1.82) is 0 Å². The topological polar surface area (TPSA) is 55.6 Å². The molecule has 1 fully saturated rings. The maximum absolute atomic E-state index is 4.11. The lowest BCUT2D eigenvalue weighted by Crippen LogP contribution is -2.24. The molecule has 0 spiro atoms. The van der Waals surface area contributed by atoms with Gasteiger partial charge >= 0.3 is 0 Å². The molecule has 1 heterocycles. The van der Waals surface area contributed by atoms with E-state index >= 15 is 0 Å². The molecule has 1 saturated carbocycles. The van der Waals surface area contributed by atoms with Crippen LogP contribution in [0.1, 0.15) is 58.7 Å². The molecule has 0 radical (unpaired) electrons. The van der Waals surface area contributed by atoms with Gasteiger partial charge in [0.25, 0.3) is 0 Å². The van der Waals surface area contributed by atoms with E-state index in [2.05, 4.69) is 41.6 Å². The summed E-state index contributed by atoms with van der Waals surface area (Å²) < 4.78 is 1.97. The van der Waals surface area contributed by atoms with E-state index in [1.54, 1.807) is 0 Å². The third kappa shape index (κ3) is 4.56. The molecule has 19 heavy (non-hydrogen) atoms. The van der Waals surface area contributed by atoms with Crippen LogP contribution < -0.4 is 5.32 Å². The molecule has 0 amide bonds. The second-order valence-corrected chi connectivity index (χ2v) is 6.28. The minimum absolute atomic E-state index is 0.462. The first-order valence-corrected chi connectivity index (χ1v) is 7.63. The summed E-state index contributed by atoms with van der Waals surface area (Å²) in [6.07, 6.45) is 6.77. The van der Waals surface area contributed by atoms with Crippen LogP contribution in [-0.4, -0.2) is 26.2 Å². The van der Waals surface area contributed by atoms with Crippen molar-refractivity contribution >= 4 is 0 Å². The average Bonchev–Trinajstić information content (AvgIpc) is 2.81. The Bertz CT molecular complexity index is 374. The Balaban J connectivity index is 1.80. The lowest BCUT2D eigenvalue weighted by molar-refractivity contribution is 0.256. The molecule has 1 aliphatic carbocycles. The molecule has 5 heteroatoms. The number of aromatic nitrogens is 4. The first-order valence-electron chi connectivity index (χ1n) is 7.63. The van der Waals surface area contributed by atoms with Gasteiger partial charge in [0.2, 0.25) is 0 Å². The molecule has 5 nitrogen and oxygen atoms in total. The van der Waals surface area contributed by atoms with Crippen molar-refractivity contribution in [3.63, 3.8) is 0 Å². The Hall–Kier alpha value is -0.970. The average molecular weight is 265 g/mol. The summed E-state index contributed by atoms with van der Waals surface area (Å²) in [6, 6.07) is 0.462. The van der Waals surface area contributed by atoms with Gasteiger partial charge in [0.15, 0.2) is 5.82 Å². The predicted molar refractivity (Wildman–Crippen MR) is 75.5 cm³/mol. The van der Waals surface area contributed by atoms with Gasteiger partial charge in [0, 0.05) is 12.6 Å². The van der Waals surface area contributed by atoms with E-state index in [1.165, 1.54) is 32.1 Å². The molecule has 2 rings (SSSR count). The smallest absolute Gasteiger partial charge is 0.165 e. The molecular weight excluding hydrogens is 238 g/mol. The second-order valence-electron chi connectivity index (χ2n) is 6.28. The van der Waals surface area contributed by atoms with Gasteiger partial charge in [-0.2, -0.15) is 0 Å². The molecule has 108 valence electrons. The molecule has 1 aromatic rings. The molecule has 0 bridgehead atoms. The number of nitrogens with zero attached hydrogens (tertiary/aromatic N) is 4. The fraction of sp³-hybridized carbons (Fsp3) is 0.929. The third-order valence-electron chi connectivity index (χ3n) is 4.07. The molecular formula is C14H27N5. The van der Waals surface area contributed by atoms with Crippen LogP contribution in [0.25, 0.3) is 0 Å². The van der Waals surface area contributed by atoms with Crippen LogP contribution in [0.4, 0.5) is 0 Å². The van der Waals surface area contributed by atoms with E-state index in [9.17, 15) is 0 Å². The Morgan fingerprint density at radius 1 is 1.37 bits per heavy atom. The molecule has 0 aliphatic heterocycles. The van der Waals surface area contributed by atoms with Gasteiger partial charge in [-0.25, -0.2) is 4.68 Å². The van der Waals surface area contributed by atoms with E-state index in [0.717, 1.165) is 30.7 Å². The van der Waals surface area contributed by atoms with Gasteiger partial charge in [-0.05, 0) is 35.1 Å². The summed E-state index contributed by atoms with van der Waals surface area (Å²) in [7, 11) is 0. The highest BCUT2D eigenvalue weighted by atomic mass is 15.5. The Kier molecular flexibility index (Phi) is 5.31. The molecule has 0 aromatic carbocycles. The van der Waals surface area contributed by atoms with Gasteiger partial charge in [0.05, 0.1) is 6.54 Å². The fourth-order valence-corrected chi connectivity index (χ4v) is 2.95. The zero-order valence-electron chi connectivity index (χ0n) is 12.5. The fourth-order valence-electron chi connectivity index (χ4n) is 2.95. The van der Waals surface area contributed by atoms with Gasteiger partial charge < -0.3 is 5.32 Å². The molecule has 1 aromatic heterocycles. The quantitative estimate of drug-likeness (QED) is 0.858. The Morgan fingerprint density at radius 3 is 2.95 bits per heavy atom. The van der Waals surface area contributed by atoms with Crippen molar-refractivity contribution in [2.75, 3.05) is 0 Å². The summed E-state index contributed by atoms with van der Waals surface area (Å²) in [5.41, 5.74) is 0. The Morgan fingerprint density at radius 2 is 2.21 bits per heavy atom. The minimum Gasteiger partial charge on any atom is -0.308 e. The van der Waals surface area contributed by atoms with E-state index in [4.69, 9.17) is 0 Å². The van der Waals surface area contributed by atoms with Crippen LogP contribution in [0.3, 0.4) is 0 Å². The highest BCUT2D eigenvalue weighted by Crippen LogP contribution is 2.30. The number of nitrogens with one attached hydrogen (secondary N) is 1. The molecule has 1 N–H and O–H groups in total. The number of tetrazole rings is 1. The van der Waals surface area contributed by atoms with Crippen LogP contribution in [0.2, 0.25) is 0 Å². The zero-order valence-corrected chi connectivity index (χ0v) is 12.5. The molecule has 0 saturated heterocycles. The summed E-state index contributed by atoms with van der Waals surface area (Å²) >= 11 is 0. The van der Waals surface area contributed by atoms with Crippen molar-refractivity contribution in [2.24, 2.45) is 11.8 Å². The van der Waals surface area contributed by atoms with Crippen molar-refractivity contribution in [3.8, 4) is 0 Å². The van der Waals surface area contributed by atoms with E-state index < -0.39 is 0 Å². The van der Waals surface area contributed by atoms with Crippen LogP contribution in [0, 0.1) is 11.8 Å². The summed E-state index contributed by atoms with van der Waals surface area (Å²) in [4.78, 5) is 0. The minimum atomic E-state index is 0.462. The lowest BCUT2D eigenvalue weighted by atomic mass is 9.81. The summed E-state index contributed by atoms with van der Waals surface area (Å²) in [5.74, 6) is 2.71. The maximum atomic E-state index is 4.11. The highest BCUT2D eigenvalue weighted by molar-refractivity contribution is 4.81. The first kappa shape index (κ1) is 14.4. The zero-order chi connectivity index (χ0) is 13.7. The standard InChI is InChI=1S/C14H27N5/c1-11(2)15-10-14-16-17-18-19(14)8-7-13-6-4-5-12(3)9-13/h11-13,15H,4-10H2,1-3H3. The predicted octanol–water partition coefficient (Wildman–Crippen LogP) is 2.39. The van der Waals surface area contributed by atoms with E-state index in [0.29, 0.717) is 6.04 Å². The van der Waals surface area contributed by atoms with Crippen molar-refractivity contribution in [1.82, 2.24) is 25.5 Å². The van der Waals surface area contributed by atoms with Gasteiger partial charge in [-0.1, -0.05) is 40.0 Å². The van der Waals surface area contributed by atoms with Gasteiger partial charge in [-0.3, -0.25) is 0 Å². The summed E-state index contributed by atoms with van der Waals surface area (Å²) in [6.45, 7) is 8.36. The van der Waals surface area contributed by atoms with Gasteiger partial charge in [-0.15, -0.1) is 5.10 Å². The Labute approximate surface area is 116 Å². The van der Waals surface area contributed by atoms with Crippen molar-refractivity contribution < 1.29 is 0 Å². The maximum Gasteiger partial charge on any atom is 0.165 e. The third-order valence-corrected chi connectivity index (χ3v) is 4.07. The molecule has 2 unspecified atom stereocenters. The largest absolute Gasteiger partial charge is 0.308 e. The van der Waals surface area contributed by atoms with Crippen molar-refractivity contribution in [3.05, 3.63) is 5.82 Å². The monoisotopic (exact) mass is 265 g/mol. The van der Waals surface area contributed by atoms with Crippen LogP contribution in [0.5, 0.6) is 0 Å². The number of hydrogen-bond donors (Lipinski definition) is 1. The van der Waals surface area contributed by atoms with Crippen LogP contribution in [-0.2, 0) is 13.1 Å². The number of rotatable bonds is 6. The van der Waals surface area contributed by atoms with Crippen molar-refractivity contribution in [2.45, 2.75) is 72.0 Å². The first-order chi connectivity index (χ1) is 9.15. The molecule has 1 aliphatic rings. The van der Waals surface area contributed by atoms with E-state index in [1.807, 2.05) is 4.68 Å². The SMILES string of the molecule is CC1CCCC(CCn2nnnc2CNC(C)C)C1. The van der Waals surface area contributed by atoms with E-state index in [-0.39, 0.29) is 0 Å². The normalized spacial score (nSPS) is 24.0. The molecule has 2 atom stereocenters. The van der Waals surface area contributed by atoms with Crippen LogP contribution >= 0.6 is 0 Å². The van der Waals surface area contributed by atoms with Crippen LogP contribution in [0.15, 0.2) is 0 Å². The highest BCUT2D eigenvalue weighted by Gasteiger charge is 2.19. The number of hydrogen-bond acceptors (Lipinski definition) is 4. The van der Waals surface area contributed by atoms with Gasteiger partial charge in [0.1, 0.15) is 0 Å². The lowest BCUT2D eigenvalue weighted by Gasteiger charge is -2.26. The number of aryl methyl sites for hydroxylation is 1. The second kappa shape index (κ2) is 6.98. The summed E-state index contributed by atoms with van der Waals surface area (Å²) in [5, 5.41) is 15.4.